The van der Waals surface area contributed by atoms with Crippen molar-refractivity contribution >= 4 is 12.0 Å². The molecule has 1 aliphatic heterocycles. The number of imide groups is 1. The van der Waals surface area contributed by atoms with Crippen LogP contribution in [0, 0.1) is 0 Å². The monoisotopic (exact) mass is 219 g/mol. The fraction of sp³-hybridized carbons (Fsp3) is 0.778. The highest BCUT2D eigenvalue weighted by atomic mass is 16.4. The Hall–Kier alpha value is -1.14. The van der Waals surface area contributed by atoms with E-state index in [2.05, 4.69) is 0 Å². The normalized spacial score (nSPS) is 17.0. The molecule has 0 bridgehead atoms. The van der Waals surface area contributed by atoms with Crippen LogP contribution in [0.2, 0.25) is 0 Å². The van der Waals surface area contributed by atoms with Gasteiger partial charge in [-0.2, -0.15) is 0 Å². The topological polar surface area (TPSA) is 98.1 Å². The molecular weight excluding hydrogens is 202 g/mol. The summed E-state index contributed by atoms with van der Waals surface area (Å²) < 4.78 is 0. The zero-order valence-corrected chi connectivity index (χ0v) is 8.72. The van der Waals surface area contributed by atoms with Crippen LogP contribution >= 0.6 is 0 Å². The number of aliphatic hydroxyl groups excluding tert-OH is 2. The largest absolute Gasteiger partial charge is 0.465 e. The first-order valence-corrected chi connectivity index (χ1v) is 4.81. The van der Waals surface area contributed by atoms with Gasteiger partial charge in [0.2, 0.25) is 5.91 Å². The zero-order valence-electron chi connectivity index (χ0n) is 8.72. The number of rotatable bonds is 2. The molecule has 3 N–H and O–H groups in total. The number of aliphatic hydroxyl groups is 2. The van der Waals surface area contributed by atoms with E-state index in [9.17, 15) is 9.59 Å². The van der Waals surface area contributed by atoms with E-state index in [0.29, 0.717) is 25.8 Å². The van der Waals surface area contributed by atoms with Gasteiger partial charge in [0.15, 0.2) is 0 Å². The van der Waals surface area contributed by atoms with Gasteiger partial charge in [-0.15, -0.1) is 0 Å². The van der Waals surface area contributed by atoms with Crippen LogP contribution in [0.25, 0.3) is 0 Å². The summed E-state index contributed by atoms with van der Waals surface area (Å²) in [6, 6.07) is 0. The van der Waals surface area contributed by atoms with Crippen molar-refractivity contribution in [2.75, 3.05) is 13.2 Å². The molecule has 88 valence electrons. The van der Waals surface area contributed by atoms with E-state index < -0.39 is 6.09 Å². The van der Waals surface area contributed by atoms with Crippen LogP contribution in [-0.4, -0.2) is 51.5 Å². The standard InChI is InChI=1S/C5H7NO3.C4H10O2/c7-4-2-1-3-6(4)5(8)9;1-4(6)2-3-5/h1-3H2,(H,8,9);4-6H,2-3H2,1H3. The average Bonchev–Trinajstić information content (AvgIpc) is 2.52. The molecule has 0 spiro atoms. The molecular formula is C9H17NO5. The first-order valence-electron chi connectivity index (χ1n) is 4.81. The van der Waals surface area contributed by atoms with Gasteiger partial charge in [-0.3, -0.25) is 4.79 Å². The van der Waals surface area contributed by atoms with Gasteiger partial charge in [-0.05, 0) is 19.8 Å². The summed E-state index contributed by atoms with van der Waals surface area (Å²) in [7, 11) is 0. The molecule has 1 atom stereocenters. The van der Waals surface area contributed by atoms with E-state index in [1.54, 1.807) is 6.92 Å². The number of likely N-dealkylation sites (tertiary alicyclic amines) is 1. The summed E-state index contributed by atoms with van der Waals surface area (Å²) in [6.45, 7) is 2.10. The van der Waals surface area contributed by atoms with E-state index in [1.165, 1.54) is 0 Å². The number of hydrogen-bond donors (Lipinski definition) is 3. The van der Waals surface area contributed by atoms with E-state index in [-0.39, 0.29) is 18.6 Å². The minimum absolute atomic E-state index is 0.0810. The van der Waals surface area contributed by atoms with Crippen LogP contribution < -0.4 is 0 Å². The number of hydrogen-bond acceptors (Lipinski definition) is 4. The average molecular weight is 219 g/mol. The zero-order chi connectivity index (χ0) is 11.8. The lowest BCUT2D eigenvalue weighted by Gasteiger charge is -2.05. The molecule has 1 rings (SSSR count). The van der Waals surface area contributed by atoms with E-state index in [4.69, 9.17) is 15.3 Å². The minimum Gasteiger partial charge on any atom is -0.465 e. The molecule has 1 aliphatic rings. The van der Waals surface area contributed by atoms with Crippen LogP contribution in [-0.2, 0) is 4.79 Å². The molecule has 2 amide bonds. The Morgan fingerprint density at radius 3 is 2.33 bits per heavy atom. The van der Waals surface area contributed by atoms with Crippen molar-refractivity contribution < 1.29 is 24.9 Å². The van der Waals surface area contributed by atoms with Crippen molar-refractivity contribution in [1.82, 2.24) is 4.90 Å². The van der Waals surface area contributed by atoms with E-state index in [0.717, 1.165) is 4.90 Å². The minimum atomic E-state index is -1.13. The smallest absolute Gasteiger partial charge is 0.414 e. The van der Waals surface area contributed by atoms with Gasteiger partial charge < -0.3 is 15.3 Å². The third kappa shape index (κ3) is 6.03. The van der Waals surface area contributed by atoms with Crippen LogP contribution in [0.3, 0.4) is 0 Å². The number of carbonyl (C=O) groups is 2. The fourth-order valence-electron chi connectivity index (χ4n) is 1.04. The highest BCUT2D eigenvalue weighted by Gasteiger charge is 2.25. The molecule has 0 aromatic heterocycles. The van der Waals surface area contributed by atoms with Crippen LogP contribution in [0.1, 0.15) is 26.2 Å². The first kappa shape index (κ1) is 13.9. The van der Waals surface area contributed by atoms with Crippen molar-refractivity contribution in [3.8, 4) is 0 Å². The van der Waals surface area contributed by atoms with Crippen molar-refractivity contribution in [2.45, 2.75) is 32.3 Å². The molecule has 1 saturated heterocycles. The van der Waals surface area contributed by atoms with Crippen LogP contribution in [0.4, 0.5) is 4.79 Å². The molecule has 0 radical (unpaired) electrons. The molecule has 6 heteroatoms. The Labute approximate surface area is 88.1 Å². The van der Waals surface area contributed by atoms with Gasteiger partial charge in [0.1, 0.15) is 0 Å². The second-order valence-corrected chi connectivity index (χ2v) is 3.29. The molecule has 0 aromatic rings. The lowest BCUT2D eigenvalue weighted by molar-refractivity contribution is -0.125. The lowest BCUT2D eigenvalue weighted by atomic mass is 10.3. The van der Waals surface area contributed by atoms with Crippen LogP contribution in [0.15, 0.2) is 0 Å². The molecule has 0 saturated carbocycles. The molecule has 1 fully saturated rings. The maximum Gasteiger partial charge on any atom is 0.414 e. The third-order valence-electron chi connectivity index (χ3n) is 1.85. The maximum absolute atomic E-state index is 10.6. The first-order chi connectivity index (χ1) is 6.99. The highest BCUT2D eigenvalue weighted by molar-refractivity contribution is 5.92. The van der Waals surface area contributed by atoms with Gasteiger partial charge in [0.05, 0.1) is 6.10 Å². The predicted molar refractivity (Wildman–Crippen MR) is 52.4 cm³/mol. The van der Waals surface area contributed by atoms with Crippen molar-refractivity contribution in [3.05, 3.63) is 0 Å². The van der Waals surface area contributed by atoms with Crippen LogP contribution in [0.5, 0.6) is 0 Å². The number of amides is 2. The molecule has 1 heterocycles. The van der Waals surface area contributed by atoms with E-state index in [1.807, 2.05) is 0 Å². The van der Waals surface area contributed by atoms with Gasteiger partial charge in [0, 0.05) is 19.6 Å². The quantitative estimate of drug-likeness (QED) is 0.609. The Balaban J connectivity index is 0.000000288. The summed E-state index contributed by atoms with van der Waals surface area (Å²) in [5.74, 6) is -0.275. The second-order valence-electron chi connectivity index (χ2n) is 3.29. The highest BCUT2D eigenvalue weighted by Crippen LogP contribution is 2.08. The maximum atomic E-state index is 10.6. The third-order valence-corrected chi connectivity index (χ3v) is 1.85. The Bertz CT molecular complexity index is 217. The Morgan fingerprint density at radius 2 is 2.20 bits per heavy atom. The van der Waals surface area contributed by atoms with Crippen molar-refractivity contribution in [3.63, 3.8) is 0 Å². The SMILES string of the molecule is CC(O)CCO.O=C(O)N1CCCC1=O. The molecule has 1 unspecified atom stereocenters. The number of carbonyl (C=O) groups excluding carboxylic acids is 1. The molecule has 15 heavy (non-hydrogen) atoms. The predicted octanol–water partition coefficient (Wildman–Crippen LogP) is 0.0364. The number of carboxylic acid groups (broad SMARTS) is 1. The van der Waals surface area contributed by atoms with Crippen molar-refractivity contribution in [1.29, 1.82) is 0 Å². The van der Waals surface area contributed by atoms with Gasteiger partial charge in [0.25, 0.3) is 0 Å². The van der Waals surface area contributed by atoms with Gasteiger partial charge in [-0.25, -0.2) is 9.69 Å². The van der Waals surface area contributed by atoms with Crippen molar-refractivity contribution in [2.24, 2.45) is 0 Å². The summed E-state index contributed by atoms with van der Waals surface area (Å²) in [4.78, 5) is 21.5. The lowest BCUT2D eigenvalue weighted by Crippen LogP contribution is -2.29. The summed E-state index contributed by atoms with van der Waals surface area (Å²) in [6.07, 6.45) is 0.0600. The summed E-state index contributed by atoms with van der Waals surface area (Å²) >= 11 is 0. The second kappa shape index (κ2) is 7.19. The summed E-state index contributed by atoms with van der Waals surface area (Å²) in [5.41, 5.74) is 0. The Morgan fingerprint density at radius 1 is 1.60 bits per heavy atom. The van der Waals surface area contributed by atoms with Gasteiger partial charge in [-0.1, -0.05) is 0 Å². The van der Waals surface area contributed by atoms with E-state index >= 15 is 0 Å². The number of nitrogens with zero attached hydrogens (tertiary/aromatic N) is 1. The fourth-order valence-corrected chi connectivity index (χ4v) is 1.04. The van der Waals surface area contributed by atoms with Gasteiger partial charge >= 0.3 is 6.09 Å². The molecule has 0 aliphatic carbocycles. The molecule has 6 nitrogen and oxygen atoms in total. The Kier molecular flexibility index (Phi) is 6.64. The summed E-state index contributed by atoms with van der Waals surface area (Å²) in [5, 5.41) is 24.8. The molecule has 0 aromatic carbocycles.